The van der Waals surface area contributed by atoms with Crippen molar-refractivity contribution in [2.24, 2.45) is 0 Å². The summed E-state index contributed by atoms with van der Waals surface area (Å²) in [5.74, 6) is -2.90. The molecule has 272 valence electrons. The monoisotopic (exact) mass is 702 g/mol. The number of hydrogen-bond donors (Lipinski definition) is 0. The molecular formula is C35H42O15. The van der Waals surface area contributed by atoms with Gasteiger partial charge in [-0.2, -0.15) is 0 Å². The van der Waals surface area contributed by atoms with Gasteiger partial charge in [0.05, 0.1) is 18.8 Å². The summed E-state index contributed by atoms with van der Waals surface area (Å²) >= 11 is 0. The van der Waals surface area contributed by atoms with Crippen LogP contribution in [0.15, 0.2) is 54.6 Å². The maximum atomic E-state index is 12.9. The first-order valence-electron chi connectivity index (χ1n) is 16.1. The molecule has 50 heavy (non-hydrogen) atoms. The molecule has 2 aromatic rings. The number of carbonyl (C=O) groups excluding carboxylic acids is 4. The lowest BCUT2D eigenvalue weighted by molar-refractivity contribution is -0.348. The summed E-state index contributed by atoms with van der Waals surface area (Å²) in [6.07, 6.45) is -11.2. The molecule has 0 amide bonds. The van der Waals surface area contributed by atoms with Crippen molar-refractivity contribution in [2.75, 3.05) is 13.7 Å². The molecule has 0 bridgehead atoms. The summed E-state index contributed by atoms with van der Waals surface area (Å²) in [6, 6.07) is 15.2. The van der Waals surface area contributed by atoms with Crippen molar-refractivity contribution in [3.05, 3.63) is 60.2 Å². The van der Waals surface area contributed by atoms with Crippen LogP contribution in [0.1, 0.15) is 51.9 Å². The number of rotatable bonds is 11. The fourth-order valence-corrected chi connectivity index (χ4v) is 6.05. The highest BCUT2D eigenvalue weighted by atomic mass is 16.8. The first-order valence-corrected chi connectivity index (χ1v) is 16.1. The zero-order chi connectivity index (χ0) is 36.2. The quantitative estimate of drug-likeness (QED) is 0.247. The molecule has 15 nitrogen and oxygen atoms in total. The van der Waals surface area contributed by atoms with E-state index in [1.54, 1.807) is 75.4 Å². The molecule has 10 atom stereocenters. The highest BCUT2D eigenvalue weighted by molar-refractivity contribution is 5.89. The Morgan fingerprint density at radius 1 is 0.700 bits per heavy atom. The van der Waals surface area contributed by atoms with Crippen molar-refractivity contribution in [1.82, 2.24) is 0 Å². The molecular weight excluding hydrogens is 660 g/mol. The highest BCUT2D eigenvalue weighted by Crippen LogP contribution is 2.41. The molecule has 5 rings (SSSR count). The third-order valence-electron chi connectivity index (χ3n) is 8.06. The van der Waals surface area contributed by atoms with Crippen molar-refractivity contribution in [2.45, 2.75) is 109 Å². The van der Waals surface area contributed by atoms with Gasteiger partial charge < -0.3 is 52.1 Å². The number of hydrogen-bond acceptors (Lipinski definition) is 15. The Morgan fingerprint density at radius 2 is 1.28 bits per heavy atom. The second-order valence-electron chi connectivity index (χ2n) is 12.4. The summed E-state index contributed by atoms with van der Waals surface area (Å²) in [4.78, 5) is 49.5. The lowest BCUT2D eigenvalue weighted by Crippen LogP contribution is -2.65. The summed E-state index contributed by atoms with van der Waals surface area (Å²) in [6.45, 7) is 8.29. The largest absolute Gasteiger partial charge is 0.497 e. The van der Waals surface area contributed by atoms with E-state index in [-0.39, 0.29) is 6.61 Å². The molecule has 0 unspecified atom stereocenters. The lowest BCUT2D eigenvalue weighted by Gasteiger charge is -2.47. The summed E-state index contributed by atoms with van der Waals surface area (Å²) in [7, 11) is 1.53. The van der Waals surface area contributed by atoms with Crippen LogP contribution in [0.4, 0.5) is 0 Å². The maximum Gasteiger partial charge on any atom is 0.338 e. The third-order valence-corrected chi connectivity index (χ3v) is 8.06. The zero-order valence-corrected chi connectivity index (χ0v) is 28.8. The molecule has 3 saturated heterocycles. The molecule has 0 spiro atoms. The Bertz CT molecular complexity index is 1500. The lowest BCUT2D eigenvalue weighted by atomic mass is 9.97. The van der Waals surface area contributed by atoms with Crippen LogP contribution in [0, 0.1) is 0 Å². The number of carbonyl (C=O) groups is 4. The van der Waals surface area contributed by atoms with E-state index in [0.717, 1.165) is 6.92 Å². The number of fused-ring (bicyclic) bond motifs is 1. The minimum atomic E-state index is -1.42. The third kappa shape index (κ3) is 8.89. The Morgan fingerprint density at radius 3 is 1.90 bits per heavy atom. The SMILES string of the molecule is COc1ccc(O[C@@H]2O[C@H](COC(=O)c3ccccc3)[C@@H]3OC(C)(C)O[C@@H]3[C@H]2O[C@@H]2O[C@@H](C)[C@H](OC(C)=O)[C@@H](OC(C)=O)[C@H]2OC(C)=O)cc1. The van der Waals surface area contributed by atoms with Crippen molar-refractivity contribution >= 4 is 23.9 Å². The Kier molecular flexibility index (Phi) is 11.6. The van der Waals surface area contributed by atoms with Gasteiger partial charge in [0.1, 0.15) is 36.4 Å². The maximum absolute atomic E-state index is 12.9. The molecule has 0 N–H and O–H groups in total. The first-order chi connectivity index (χ1) is 23.7. The van der Waals surface area contributed by atoms with Gasteiger partial charge in [0.15, 0.2) is 36.5 Å². The van der Waals surface area contributed by atoms with Gasteiger partial charge in [0.2, 0.25) is 6.29 Å². The number of methoxy groups -OCH3 is 1. The molecule has 3 aliphatic heterocycles. The van der Waals surface area contributed by atoms with Gasteiger partial charge in [-0.25, -0.2) is 4.79 Å². The summed E-state index contributed by atoms with van der Waals surface area (Å²) in [5, 5.41) is 0. The van der Waals surface area contributed by atoms with Crippen LogP contribution in [0.3, 0.4) is 0 Å². The zero-order valence-electron chi connectivity index (χ0n) is 28.8. The standard InChI is InChI=1S/C35H42O15/c1-18-26(43-19(2)36)28(44-20(3)37)30(45-21(4)38)33(42-18)48-31-29-27(49-35(5,6)50-29)25(17-41-32(39)22-11-9-8-10-12-22)47-34(31)46-24-15-13-23(40-7)14-16-24/h8-16,18,25-31,33-34H,17H2,1-7H3/t18-,25+,26-,27-,28+,29-,30+,31+,33-,34+/m0/s1. The molecule has 0 aliphatic carbocycles. The van der Waals surface area contributed by atoms with Crippen LogP contribution in [-0.2, 0) is 57.0 Å². The first kappa shape index (κ1) is 37.0. The molecule has 3 fully saturated rings. The van der Waals surface area contributed by atoms with Gasteiger partial charge in [-0.1, -0.05) is 18.2 Å². The van der Waals surface area contributed by atoms with Crippen LogP contribution in [0.5, 0.6) is 11.5 Å². The molecule has 3 heterocycles. The molecule has 0 radical (unpaired) electrons. The molecule has 3 aliphatic rings. The van der Waals surface area contributed by atoms with Gasteiger partial charge in [0.25, 0.3) is 0 Å². The minimum Gasteiger partial charge on any atom is -0.497 e. The molecule has 0 saturated carbocycles. The second-order valence-corrected chi connectivity index (χ2v) is 12.4. The molecule has 0 aromatic heterocycles. The summed E-state index contributed by atoms with van der Waals surface area (Å²) in [5.41, 5.74) is 0.352. The highest BCUT2D eigenvalue weighted by Gasteiger charge is 2.60. The van der Waals surface area contributed by atoms with E-state index in [0.29, 0.717) is 17.1 Å². The number of ether oxygens (including phenoxy) is 11. The van der Waals surface area contributed by atoms with Gasteiger partial charge in [-0.15, -0.1) is 0 Å². The van der Waals surface area contributed by atoms with E-state index in [1.807, 2.05) is 0 Å². The van der Waals surface area contributed by atoms with E-state index in [2.05, 4.69) is 0 Å². The predicted octanol–water partition coefficient (Wildman–Crippen LogP) is 3.10. The van der Waals surface area contributed by atoms with Crippen LogP contribution in [-0.4, -0.2) is 105 Å². The van der Waals surface area contributed by atoms with Gasteiger partial charge in [-0.05, 0) is 57.2 Å². The van der Waals surface area contributed by atoms with Gasteiger partial charge in [0, 0.05) is 20.8 Å². The van der Waals surface area contributed by atoms with Crippen LogP contribution < -0.4 is 9.47 Å². The van der Waals surface area contributed by atoms with Crippen molar-refractivity contribution in [3.8, 4) is 11.5 Å². The van der Waals surface area contributed by atoms with Gasteiger partial charge >= 0.3 is 23.9 Å². The van der Waals surface area contributed by atoms with E-state index in [4.69, 9.17) is 52.1 Å². The fourth-order valence-electron chi connectivity index (χ4n) is 6.05. The van der Waals surface area contributed by atoms with Crippen LogP contribution in [0.25, 0.3) is 0 Å². The Balaban J connectivity index is 1.48. The van der Waals surface area contributed by atoms with Crippen molar-refractivity contribution in [3.63, 3.8) is 0 Å². The minimum absolute atomic E-state index is 0.227. The average Bonchev–Trinajstić information content (AvgIpc) is 3.39. The Labute approximate surface area is 289 Å². The van der Waals surface area contributed by atoms with Crippen molar-refractivity contribution in [1.29, 1.82) is 0 Å². The number of esters is 4. The molecule has 2 aromatic carbocycles. The topological polar surface area (TPSA) is 170 Å². The van der Waals surface area contributed by atoms with E-state index >= 15 is 0 Å². The number of benzene rings is 2. The smallest absolute Gasteiger partial charge is 0.338 e. The molecule has 15 heteroatoms. The average molecular weight is 703 g/mol. The van der Waals surface area contributed by atoms with Crippen molar-refractivity contribution < 1.29 is 71.3 Å². The second kappa shape index (κ2) is 15.7. The summed E-state index contributed by atoms with van der Waals surface area (Å²) < 4.78 is 65.5. The predicted molar refractivity (Wildman–Crippen MR) is 169 cm³/mol. The normalized spacial score (nSPS) is 31.4. The van der Waals surface area contributed by atoms with Gasteiger partial charge in [-0.3, -0.25) is 14.4 Å². The van der Waals surface area contributed by atoms with E-state index in [9.17, 15) is 19.2 Å². The Hall–Kier alpha value is -4.28. The van der Waals surface area contributed by atoms with E-state index < -0.39 is 91.1 Å². The van der Waals surface area contributed by atoms with Crippen LogP contribution in [0.2, 0.25) is 0 Å². The fraction of sp³-hybridized carbons (Fsp3) is 0.543. The van der Waals surface area contributed by atoms with E-state index in [1.165, 1.54) is 21.0 Å². The van der Waals surface area contributed by atoms with Crippen LogP contribution >= 0.6 is 0 Å².